The average Bonchev–Trinajstić information content (AvgIpc) is 2.83. The van der Waals surface area contributed by atoms with E-state index in [-0.39, 0.29) is 6.61 Å². The van der Waals surface area contributed by atoms with Crippen molar-refractivity contribution in [1.29, 1.82) is 0 Å². The molecule has 6 heteroatoms. The zero-order chi connectivity index (χ0) is 21.7. The molecule has 3 N–H and O–H groups in total. The van der Waals surface area contributed by atoms with E-state index in [9.17, 15) is 4.79 Å². The topological polar surface area (TPSA) is 73.6 Å². The summed E-state index contributed by atoms with van der Waals surface area (Å²) in [6.07, 6.45) is 6.28. The molecule has 0 saturated carbocycles. The third-order valence-electron chi connectivity index (χ3n) is 5.54. The lowest BCUT2D eigenvalue weighted by atomic mass is 9.93. The van der Waals surface area contributed by atoms with Gasteiger partial charge in [-0.15, -0.1) is 11.8 Å². The summed E-state index contributed by atoms with van der Waals surface area (Å²) >= 11 is 1.37. The van der Waals surface area contributed by atoms with Crippen LogP contribution in [0.2, 0.25) is 0 Å². The van der Waals surface area contributed by atoms with Gasteiger partial charge in [-0.2, -0.15) is 0 Å². The van der Waals surface area contributed by atoms with E-state index in [0.29, 0.717) is 5.75 Å². The summed E-state index contributed by atoms with van der Waals surface area (Å²) in [6.45, 7) is 3.35. The predicted octanol–water partition coefficient (Wildman–Crippen LogP) is 4.50. The van der Waals surface area contributed by atoms with Crippen molar-refractivity contribution in [1.82, 2.24) is 5.32 Å². The smallest absolute Gasteiger partial charge is 0.333 e. The Morgan fingerprint density at radius 3 is 2.52 bits per heavy atom. The summed E-state index contributed by atoms with van der Waals surface area (Å²) in [7, 11) is 0. The molecule has 0 spiro atoms. The Morgan fingerprint density at radius 2 is 1.77 bits per heavy atom. The molecule has 31 heavy (non-hydrogen) atoms. The second-order valence-electron chi connectivity index (χ2n) is 8.01. The molecule has 1 fully saturated rings. The van der Waals surface area contributed by atoms with Crippen LogP contribution in [0.1, 0.15) is 43.2 Å². The Morgan fingerprint density at radius 1 is 1.03 bits per heavy atom. The molecule has 168 valence electrons. The van der Waals surface area contributed by atoms with E-state index in [0.717, 1.165) is 35.8 Å². The van der Waals surface area contributed by atoms with Gasteiger partial charge in [0.1, 0.15) is 12.4 Å². The molecular weight excluding hydrogens is 408 g/mol. The monoisotopic (exact) mass is 442 g/mol. The molecule has 2 aromatic rings. The molecule has 1 atom stereocenters. The van der Waals surface area contributed by atoms with Gasteiger partial charge in [-0.25, -0.2) is 4.79 Å². The minimum absolute atomic E-state index is 0.248. The van der Waals surface area contributed by atoms with Gasteiger partial charge in [-0.05, 0) is 68.0 Å². The van der Waals surface area contributed by atoms with Crippen molar-refractivity contribution in [3.05, 3.63) is 65.7 Å². The average molecular weight is 443 g/mol. The summed E-state index contributed by atoms with van der Waals surface area (Å²) in [6, 6.07) is 17.6. The number of nitrogens with two attached hydrogens (primary N) is 1. The number of rotatable bonds is 12. The molecule has 2 aromatic carbocycles. The third kappa shape index (κ3) is 8.93. The molecule has 0 amide bonds. The van der Waals surface area contributed by atoms with E-state index in [1.807, 2.05) is 54.6 Å². The molecule has 0 radical (unpaired) electrons. The van der Waals surface area contributed by atoms with Gasteiger partial charge in [0.25, 0.3) is 0 Å². The largest absolute Gasteiger partial charge is 0.494 e. The fourth-order valence-electron chi connectivity index (χ4n) is 3.64. The van der Waals surface area contributed by atoms with Crippen molar-refractivity contribution in [2.45, 2.75) is 49.8 Å². The quantitative estimate of drug-likeness (QED) is 0.286. The third-order valence-corrected chi connectivity index (χ3v) is 6.59. The molecule has 1 aliphatic rings. The predicted molar refractivity (Wildman–Crippen MR) is 127 cm³/mol. The van der Waals surface area contributed by atoms with E-state index >= 15 is 0 Å². The van der Waals surface area contributed by atoms with Crippen LogP contribution in [-0.4, -0.2) is 31.0 Å². The molecule has 1 aliphatic heterocycles. The Hall–Kier alpha value is -2.02. The van der Waals surface area contributed by atoms with E-state index in [4.69, 9.17) is 15.2 Å². The van der Waals surface area contributed by atoms with E-state index in [2.05, 4.69) is 5.32 Å². The van der Waals surface area contributed by atoms with Gasteiger partial charge in [0.15, 0.2) is 5.37 Å². The summed E-state index contributed by atoms with van der Waals surface area (Å²) in [5.41, 5.74) is 8.03. The van der Waals surface area contributed by atoms with Crippen LogP contribution >= 0.6 is 11.8 Å². The fourth-order valence-corrected chi connectivity index (χ4v) is 4.41. The summed E-state index contributed by atoms with van der Waals surface area (Å²) in [4.78, 5) is 12.1. The minimum atomic E-state index is -0.695. The van der Waals surface area contributed by atoms with Gasteiger partial charge < -0.3 is 20.5 Å². The minimum Gasteiger partial charge on any atom is -0.494 e. The number of thioether (sulfide) groups is 1. The van der Waals surface area contributed by atoms with Gasteiger partial charge in [0, 0.05) is 5.75 Å². The standard InChI is InChI=1S/C25H34N2O3S/c26-24(25(28)30-18-21-7-2-1-3-8-21)31-19-22-9-11-23(12-10-22)29-17-5-4-6-20-13-15-27-16-14-20/h1-3,7-12,20,24,27H,4-6,13-19,26H2. The molecule has 0 bridgehead atoms. The van der Waals surface area contributed by atoms with Crippen LogP contribution < -0.4 is 15.8 Å². The number of nitrogens with one attached hydrogen (secondary N) is 1. The Kier molecular flexibility index (Phi) is 10.2. The highest BCUT2D eigenvalue weighted by atomic mass is 32.2. The van der Waals surface area contributed by atoms with Crippen molar-refractivity contribution >= 4 is 17.7 Å². The van der Waals surface area contributed by atoms with Crippen LogP contribution in [0.25, 0.3) is 0 Å². The first-order valence-electron chi connectivity index (χ1n) is 11.2. The van der Waals surface area contributed by atoms with Gasteiger partial charge in [0.2, 0.25) is 0 Å². The zero-order valence-electron chi connectivity index (χ0n) is 18.1. The number of esters is 1. The van der Waals surface area contributed by atoms with Crippen LogP contribution in [0.5, 0.6) is 5.75 Å². The van der Waals surface area contributed by atoms with E-state index in [1.54, 1.807) is 0 Å². The van der Waals surface area contributed by atoms with Crippen LogP contribution in [-0.2, 0) is 21.9 Å². The molecule has 3 rings (SSSR count). The van der Waals surface area contributed by atoms with Crippen molar-refractivity contribution in [3.63, 3.8) is 0 Å². The van der Waals surface area contributed by atoms with E-state index in [1.165, 1.54) is 50.5 Å². The highest BCUT2D eigenvalue weighted by Crippen LogP contribution is 2.21. The lowest BCUT2D eigenvalue weighted by Crippen LogP contribution is -2.29. The number of benzene rings is 2. The maximum absolute atomic E-state index is 12.1. The first-order valence-corrected chi connectivity index (χ1v) is 12.3. The maximum Gasteiger partial charge on any atom is 0.333 e. The molecule has 0 aromatic heterocycles. The number of hydrogen-bond donors (Lipinski definition) is 2. The Balaban J connectivity index is 1.28. The highest BCUT2D eigenvalue weighted by Gasteiger charge is 2.16. The number of piperidine rings is 1. The number of unbranched alkanes of at least 4 members (excludes halogenated alkanes) is 1. The lowest BCUT2D eigenvalue weighted by Gasteiger charge is -2.22. The van der Waals surface area contributed by atoms with Crippen LogP contribution in [0.4, 0.5) is 0 Å². The SMILES string of the molecule is NC(SCc1ccc(OCCCCC2CCNCC2)cc1)C(=O)OCc1ccccc1. The molecule has 5 nitrogen and oxygen atoms in total. The van der Waals surface area contributed by atoms with Crippen molar-refractivity contribution in [2.75, 3.05) is 19.7 Å². The number of ether oxygens (including phenoxy) is 2. The van der Waals surface area contributed by atoms with Gasteiger partial charge in [-0.3, -0.25) is 0 Å². The van der Waals surface area contributed by atoms with Crippen LogP contribution in [0.3, 0.4) is 0 Å². The summed E-state index contributed by atoms with van der Waals surface area (Å²) in [5, 5.41) is 2.72. The lowest BCUT2D eigenvalue weighted by molar-refractivity contribution is -0.144. The Labute approximate surface area is 190 Å². The van der Waals surface area contributed by atoms with Gasteiger partial charge in [0.05, 0.1) is 6.61 Å². The molecule has 1 saturated heterocycles. The second kappa shape index (κ2) is 13.4. The summed E-state index contributed by atoms with van der Waals surface area (Å²) in [5.74, 6) is 2.04. The molecule has 0 aliphatic carbocycles. The second-order valence-corrected chi connectivity index (χ2v) is 9.14. The summed E-state index contributed by atoms with van der Waals surface area (Å²) < 4.78 is 11.2. The molecular formula is C25H34N2O3S. The van der Waals surface area contributed by atoms with Crippen LogP contribution in [0.15, 0.2) is 54.6 Å². The van der Waals surface area contributed by atoms with Gasteiger partial charge in [-0.1, -0.05) is 48.9 Å². The molecule has 1 unspecified atom stereocenters. The Bertz CT molecular complexity index is 764. The number of carbonyl (C=O) groups excluding carboxylic acids is 1. The van der Waals surface area contributed by atoms with Crippen molar-refractivity contribution in [3.8, 4) is 5.75 Å². The van der Waals surface area contributed by atoms with Gasteiger partial charge >= 0.3 is 5.97 Å². The van der Waals surface area contributed by atoms with Crippen LogP contribution in [0, 0.1) is 5.92 Å². The first-order chi connectivity index (χ1) is 15.2. The number of hydrogen-bond acceptors (Lipinski definition) is 6. The first kappa shape index (κ1) is 23.6. The molecule has 1 heterocycles. The highest BCUT2D eigenvalue weighted by molar-refractivity contribution is 7.99. The fraction of sp³-hybridized carbons (Fsp3) is 0.480. The normalized spacial score (nSPS) is 15.4. The number of carbonyl (C=O) groups is 1. The maximum atomic E-state index is 12.1. The van der Waals surface area contributed by atoms with Crippen molar-refractivity contribution < 1.29 is 14.3 Å². The van der Waals surface area contributed by atoms with Crippen molar-refractivity contribution in [2.24, 2.45) is 11.7 Å². The zero-order valence-corrected chi connectivity index (χ0v) is 18.9. The van der Waals surface area contributed by atoms with E-state index < -0.39 is 11.3 Å².